The van der Waals surface area contributed by atoms with Gasteiger partial charge >= 0.3 is 0 Å². The number of rotatable bonds is 7. The number of anilines is 1. The lowest BCUT2D eigenvalue weighted by Gasteiger charge is -2.19. The fourth-order valence-corrected chi connectivity index (χ4v) is 2.60. The highest BCUT2D eigenvalue weighted by Gasteiger charge is 2.21. The minimum atomic E-state index is -0.0642. The van der Waals surface area contributed by atoms with Crippen LogP contribution in [0.5, 0.6) is 0 Å². The van der Waals surface area contributed by atoms with Crippen LogP contribution in [-0.2, 0) is 22.1 Å². The Hall–Kier alpha value is -1.85. The van der Waals surface area contributed by atoms with E-state index in [-0.39, 0.29) is 23.1 Å². The molecule has 1 aromatic heterocycles. The van der Waals surface area contributed by atoms with Gasteiger partial charge in [-0.25, -0.2) is 0 Å². The van der Waals surface area contributed by atoms with E-state index in [1.807, 2.05) is 13.1 Å². The van der Waals surface area contributed by atoms with Gasteiger partial charge in [0.1, 0.15) is 5.82 Å². The molecule has 0 fully saturated rings. The molecule has 136 valence electrons. The van der Waals surface area contributed by atoms with E-state index in [0.29, 0.717) is 24.7 Å². The average Bonchev–Trinajstić information content (AvgIpc) is 2.76. The van der Waals surface area contributed by atoms with Crippen LogP contribution >= 0.6 is 0 Å². The van der Waals surface area contributed by atoms with Crippen molar-refractivity contribution in [3.05, 3.63) is 11.8 Å². The van der Waals surface area contributed by atoms with Crippen LogP contribution in [0.15, 0.2) is 6.07 Å². The number of amides is 2. The maximum absolute atomic E-state index is 12.4. The van der Waals surface area contributed by atoms with Crippen molar-refractivity contribution in [3.8, 4) is 0 Å². The number of hydrogen-bond acceptors (Lipinski definition) is 3. The summed E-state index contributed by atoms with van der Waals surface area (Å²) in [5, 5.41) is 10.2. The summed E-state index contributed by atoms with van der Waals surface area (Å²) in [5.74, 6) is 1.19. The van der Waals surface area contributed by atoms with Gasteiger partial charge in [0.2, 0.25) is 11.8 Å². The fourth-order valence-electron chi connectivity index (χ4n) is 2.60. The van der Waals surface area contributed by atoms with Crippen LogP contribution in [0.25, 0.3) is 0 Å². The second-order valence-corrected chi connectivity index (χ2v) is 7.97. The highest BCUT2D eigenvalue weighted by molar-refractivity contribution is 5.90. The lowest BCUT2D eigenvalue weighted by atomic mass is 9.92. The summed E-state index contributed by atoms with van der Waals surface area (Å²) < 4.78 is 1.70. The highest BCUT2D eigenvalue weighted by Crippen LogP contribution is 2.24. The smallest absolute Gasteiger partial charge is 0.225 e. The van der Waals surface area contributed by atoms with E-state index in [1.54, 1.807) is 4.68 Å². The normalized spacial score (nSPS) is 13.0. The molecule has 1 aromatic rings. The Bertz CT molecular complexity index is 570. The zero-order valence-electron chi connectivity index (χ0n) is 16.1. The summed E-state index contributed by atoms with van der Waals surface area (Å²) >= 11 is 0. The first-order chi connectivity index (χ1) is 11.0. The number of carbonyl (C=O) groups excluding carboxylic acids is 2. The summed E-state index contributed by atoms with van der Waals surface area (Å²) in [4.78, 5) is 23.5. The van der Waals surface area contributed by atoms with E-state index in [0.717, 1.165) is 12.1 Å². The molecule has 24 heavy (non-hydrogen) atoms. The quantitative estimate of drug-likeness (QED) is 0.804. The summed E-state index contributed by atoms with van der Waals surface area (Å²) in [5.41, 5.74) is 0.879. The van der Waals surface area contributed by atoms with Gasteiger partial charge in [-0.3, -0.25) is 14.3 Å². The summed E-state index contributed by atoms with van der Waals surface area (Å²) in [6.07, 6.45) is 1.28. The Kier molecular flexibility index (Phi) is 6.99. The zero-order valence-corrected chi connectivity index (χ0v) is 16.1. The van der Waals surface area contributed by atoms with Crippen molar-refractivity contribution in [2.45, 2.75) is 59.8 Å². The monoisotopic (exact) mass is 336 g/mol. The summed E-state index contributed by atoms with van der Waals surface area (Å²) in [6, 6.07) is 1.92. The average molecular weight is 336 g/mol. The van der Waals surface area contributed by atoms with Crippen molar-refractivity contribution in [3.63, 3.8) is 0 Å². The number of nitrogens with one attached hydrogen (secondary N) is 2. The SMILES string of the molecule is CC(=O)NC[C@H](CC(=O)Nc1cc(C(C)(C)C)nn1C)CC(C)C. The minimum Gasteiger partial charge on any atom is -0.356 e. The number of aromatic nitrogens is 2. The predicted molar refractivity (Wildman–Crippen MR) is 96.8 cm³/mol. The van der Waals surface area contributed by atoms with Gasteiger partial charge in [0, 0.05) is 38.4 Å². The molecule has 0 saturated carbocycles. The molecule has 6 heteroatoms. The molecular weight excluding hydrogens is 304 g/mol. The number of carbonyl (C=O) groups is 2. The number of aryl methyl sites for hydroxylation is 1. The molecule has 2 amide bonds. The Balaban J connectivity index is 2.71. The Morgan fingerprint density at radius 3 is 2.38 bits per heavy atom. The lowest BCUT2D eigenvalue weighted by Crippen LogP contribution is -2.30. The molecule has 2 N–H and O–H groups in total. The van der Waals surface area contributed by atoms with Gasteiger partial charge in [-0.05, 0) is 18.3 Å². The van der Waals surface area contributed by atoms with E-state index in [1.165, 1.54) is 6.92 Å². The Labute approximate surface area is 145 Å². The summed E-state index contributed by atoms with van der Waals surface area (Å²) in [7, 11) is 1.83. The molecule has 0 aliphatic rings. The fraction of sp³-hybridized carbons (Fsp3) is 0.722. The first-order valence-corrected chi connectivity index (χ1v) is 8.57. The van der Waals surface area contributed by atoms with E-state index in [9.17, 15) is 9.59 Å². The van der Waals surface area contributed by atoms with Crippen molar-refractivity contribution in [1.29, 1.82) is 0 Å². The van der Waals surface area contributed by atoms with Crippen LogP contribution in [0.3, 0.4) is 0 Å². The zero-order chi connectivity index (χ0) is 18.5. The van der Waals surface area contributed by atoms with E-state index < -0.39 is 0 Å². The molecule has 6 nitrogen and oxygen atoms in total. The van der Waals surface area contributed by atoms with Gasteiger partial charge in [0.05, 0.1) is 5.69 Å². The van der Waals surface area contributed by atoms with Crippen LogP contribution < -0.4 is 10.6 Å². The standard InChI is InChI=1S/C18H32N4O2/c1-12(2)8-14(11-19-13(3)23)9-17(24)20-16-10-15(18(4,5)6)21-22(16)7/h10,12,14H,8-9,11H2,1-7H3,(H,19,23)(H,20,24)/t14-/m0/s1. The molecular formula is C18H32N4O2. The molecule has 0 saturated heterocycles. The van der Waals surface area contributed by atoms with Crippen LogP contribution in [0.4, 0.5) is 5.82 Å². The van der Waals surface area contributed by atoms with Crippen molar-refractivity contribution in [2.24, 2.45) is 18.9 Å². The van der Waals surface area contributed by atoms with Gasteiger partial charge in [0.15, 0.2) is 0 Å². The van der Waals surface area contributed by atoms with E-state index in [4.69, 9.17) is 0 Å². The second-order valence-electron chi connectivity index (χ2n) is 7.97. The summed E-state index contributed by atoms with van der Waals surface area (Å²) in [6.45, 7) is 12.5. The topological polar surface area (TPSA) is 76.0 Å². The Morgan fingerprint density at radius 2 is 1.92 bits per heavy atom. The molecule has 0 aliphatic heterocycles. The van der Waals surface area contributed by atoms with Crippen molar-refractivity contribution in [1.82, 2.24) is 15.1 Å². The highest BCUT2D eigenvalue weighted by atomic mass is 16.2. The minimum absolute atomic E-state index is 0.0468. The Morgan fingerprint density at radius 1 is 1.29 bits per heavy atom. The second kappa shape index (κ2) is 8.31. The lowest BCUT2D eigenvalue weighted by molar-refractivity contribution is -0.120. The van der Waals surface area contributed by atoms with Crippen LogP contribution in [0.2, 0.25) is 0 Å². The largest absolute Gasteiger partial charge is 0.356 e. The maximum atomic E-state index is 12.4. The third-order valence-corrected chi connectivity index (χ3v) is 3.83. The van der Waals surface area contributed by atoms with Crippen molar-refractivity contribution >= 4 is 17.6 Å². The number of nitrogens with zero attached hydrogens (tertiary/aromatic N) is 2. The van der Waals surface area contributed by atoms with Crippen LogP contribution in [-0.4, -0.2) is 28.1 Å². The maximum Gasteiger partial charge on any atom is 0.225 e. The van der Waals surface area contributed by atoms with Crippen molar-refractivity contribution in [2.75, 3.05) is 11.9 Å². The molecule has 1 rings (SSSR count). The molecule has 0 unspecified atom stereocenters. The molecule has 1 atom stereocenters. The third kappa shape index (κ3) is 6.72. The molecule has 0 aromatic carbocycles. The molecule has 0 bridgehead atoms. The van der Waals surface area contributed by atoms with Gasteiger partial charge in [-0.1, -0.05) is 34.6 Å². The van der Waals surface area contributed by atoms with Gasteiger partial charge < -0.3 is 10.6 Å². The molecule has 1 heterocycles. The molecule has 0 radical (unpaired) electrons. The van der Waals surface area contributed by atoms with Crippen LogP contribution in [0.1, 0.15) is 60.1 Å². The first-order valence-electron chi connectivity index (χ1n) is 8.57. The van der Waals surface area contributed by atoms with Crippen LogP contribution in [0, 0.1) is 11.8 Å². The van der Waals surface area contributed by atoms with Gasteiger partial charge in [-0.15, -0.1) is 0 Å². The number of hydrogen-bond donors (Lipinski definition) is 2. The molecule has 0 aliphatic carbocycles. The predicted octanol–water partition coefficient (Wildman–Crippen LogP) is 2.84. The van der Waals surface area contributed by atoms with Gasteiger partial charge in [-0.2, -0.15) is 5.10 Å². The third-order valence-electron chi connectivity index (χ3n) is 3.83. The van der Waals surface area contributed by atoms with E-state index >= 15 is 0 Å². The first kappa shape index (κ1) is 20.2. The van der Waals surface area contributed by atoms with Gasteiger partial charge in [0.25, 0.3) is 0 Å². The molecule has 0 spiro atoms. The van der Waals surface area contributed by atoms with Crippen molar-refractivity contribution < 1.29 is 9.59 Å². The van der Waals surface area contributed by atoms with E-state index in [2.05, 4.69) is 50.4 Å².